The molecule has 3 aromatic rings. The van der Waals surface area contributed by atoms with E-state index in [1.165, 1.54) is 5.56 Å². The van der Waals surface area contributed by atoms with Crippen molar-refractivity contribution >= 4 is 17.5 Å². The molecule has 1 aromatic carbocycles. The number of anilines is 1. The molecular weight excluding hydrogens is 476 g/mol. The number of amides is 2. The highest BCUT2D eigenvalue weighted by Gasteiger charge is 2.22. The van der Waals surface area contributed by atoms with E-state index >= 15 is 0 Å². The summed E-state index contributed by atoms with van der Waals surface area (Å²) in [6.07, 6.45) is 9.63. The average molecular weight is 517 g/mol. The zero-order chi connectivity index (χ0) is 26.9. The van der Waals surface area contributed by atoms with Gasteiger partial charge in [-0.05, 0) is 36.1 Å². The molecule has 0 aliphatic carbocycles. The number of hydrogen-bond donors (Lipinski definition) is 0. The molecule has 0 unspecified atom stereocenters. The Morgan fingerprint density at radius 2 is 1.76 bits per heavy atom. The topological polar surface area (TPSA) is 74.6 Å². The van der Waals surface area contributed by atoms with Crippen LogP contribution in [-0.4, -0.2) is 62.3 Å². The van der Waals surface area contributed by atoms with Crippen LogP contribution in [0.25, 0.3) is 0 Å². The summed E-state index contributed by atoms with van der Waals surface area (Å²) in [5.74, 6) is 1.44. The summed E-state index contributed by atoms with van der Waals surface area (Å²) in [4.78, 5) is 41.3. The van der Waals surface area contributed by atoms with Crippen LogP contribution in [0.1, 0.15) is 62.9 Å². The van der Waals surface area contributed by atoms with Crippen molar-refractivity contribution in [2.75, 3.05) is 31.1 Å². The van der Waals surface area contributed by atoms with Crippen molar-refractivity contribution in [2.45, 2.75) is 65.6 Å². The number of rotatable bonds is 6. The van der Waals surface area contributed by atoms with E-state index in [-0.39, 0.29) is 11.8 Å². The summed E-state index contributed by atoms with van der Waals surface area (Å²) in [6, 6.07) is 12.1. The lowest BCUT2D eigenvalue weighted by atomic mass is 10.1. The molecule has 1 aliphatic rings. The smallest absolute Gasteiger partial charge is 0.224 e. The van der Waals surface area contributed by atoms with Crippen LogP contribution in [0.2, 0.25) is 0 Å². The van der Waals surface area contributed by atoms with E-state index < -0.39 is 0 Å². The van der Waals surface area contributed by atoms with Crippen LogP contribution in [0.15, 0.2) is 61.2 Å². The normalized spacial score (nSPS) is 15.6. The number of nitrogens with zero attached hydrogens (tertiary/aromatic N) is 6. The monoisotopic (exact) mass is 516 g/mol. The summed E-state index contributed by atoms with van der Waals surface area (Å²) in [6.45, 7) is 10.8. The molecule has 0 N–H and O–H groups in total. The van der Waals surface area contributed by atoms with Crippen LogP contribution in [0, 0.1) is 0 Å². The molecule has 4 rings (SSSR count). The zero-order valence-corrected chi connectivity index (χ0v) is 22.9. The molecule has 0 saturated heterocycles. The second-order valence-corrected chi connectivity index (χ2v) is 10.3. The molecule has 8 nitrogen and oxygen atoms in total. The quantitative estimate of drug-likeness (QED) is 0.483. The first-order chi connectivity index (χ1) is 18.4. The summed E-state index contributed by atoms with van der Waals surface area (Å²) in [7, 11) is 0. The molecule has 0 fully saturated rings. The molecule has 2 aromatic heterocycles. The highest BCUT2D eigenvalue weighted by atomic mass is 16.2. The summed E-state index contributed by atoms with van der Waals surface area (Å²) < 4.78 is 2.08. The lowest BCUT2D eigenvalue weighted by molar-refractivity contribution is -0.132. The fourth-order valence-electron chi connectivity index (χ4n) is 5.20. The van der Waals surface area contributed by atoms with Crippen LogP contribution < -0.4 is 4.90 Å². The minimum absolute atomic E-state index is 0.0208. The Labute approximate surface area is 226 Å². The molecule has 0 radical (unpaired) electrons. The Hall–Kier alpha value is -3.52. The number of carbonyl (C=O) groups excluding carboxylic acids is 2. The maximum atomic E-state index is 13.6. The van der Waals surface area contributed by atoms with Crippen LogP contribution in [0.5, 0.6) is 0 Å². The van der Waals surface area contributed by atoms with Crippen molar-refractivity contribution < 1.29 is 9.59 Å². The number of pyridine rings is 1. The molecule has 1 aliphatic heterocycles. The van der Waals surface area contributed by atoms with E-state index in [9.17, 15) is 9.59 Å². The van der Waals surface area contributed by atoms with Crippen molar-refractivity contribution in [1.82, 2.24) is 24.3 Å². The number of hydrogen-bond acceptors (Lipinski definition) is 5. The van der Waals surface area contributed by atoms with Gasteiger partial charge in [-0.25, -0.2) is 4.98 Å². The highest BCUT2D eigenvalue weighted by molar-refractivity contribution is 5.92. The van der Waals surface area contributed by atoms with Crippen molar-refractivity contribution in [1.29, 1.82) is 0 Å². The van der Waals surface area contributed by atoms with Crippen LogP contribution in [-0.2, 0) is 29.2 Å². The minimum atomic E-state index is 0.0208. The second kappa shape index (κ2) is 13.3. The lowest BCUT2D eigenvalue weighted by Gasteiger charge is -2.31. The molecule has 0 atom stereocenters. The van der Waals surface area contributed by atoms with Crippen LogP contribution in [0.3, 0.4) is 0 Å². The average Bonchev–Trinajstić information content (AvgIpc) is 3.38. The Morgan fingerprint density at radius 3 is 2.50 bits per heavy atom. The summed E-state index contributed by atoms with van der Waals surface area (Å²) in [5, 5.41) is 0. The SMILES string of the molecule is CC(=O)N1CCCN(Cc2cccnc2)CCCN(C(=O)CCn2ccnc2C(C)C)Cc2ccccc21. The molecule has 0 saturated carbocycles. The van der Waals surface area contributed by atoms with Crippen molar-refractivity contribution in [3.63, 3.8) is 0 Å². The first kappa shape index (κ1) is 27.5. The van der Waals surface area contributed by atoms with Crippen LogP contribution >= 0.6 is 0 Å². The molecule has 2 amide bonds. The number of carbonyl (C=O) groups is 2. The Kier molecular flexibility index (Phi) is 9.65. The highest BCUT2D eigenvalue weighted by Crippen LogP contribution is 2.24. The number of aryl methyl sites for hydroxylation is 1. The van der Waals surface area contributed by atoms with Gasteiger partial charge in [0.1, 0.15) is 5.82 Å². The van der Waals surface area contributed by atoms with Crippen LogP contribution in [0.4, 0.5) is 5.69 Å². The first-order valence-electron chi connectivity index (χ1n) is 13.7. The molecule has 0 bridgehead atoms. The predicted octanol–water partition coefficient (Wildman–Crippen LogP) is 4.47. The van der Waals surface area contributed by atoms with Gasteiger partial charge in [-0.2, -0.15) is 0 Å². The molecule has 0 spiro atoms. The second-order valence-electron chi connectivity index (χ2n) is 10.3. The fraction of sp³-hybridized carbons (Fsp3) is 0.467. The molecule has 38 heavy (non-hydrogen) atoms. The van der Waals surface area contributed by atoms with Gasteiger partial charge in [0.25, 0.3) is 0 Å². The van der Waals surface area contributed by atoms with E-state index in [0.717, 1.165) is 49.6 Å². The lowest BCUT2D eigenvalue weighted by Crippen LogP contribution is -2.38. The van der Waals surface area contributed by atoms with Gasteiger partial charge in [0.2, 0.25) is 11.8 Å². The van der Waals surface area contributed by atoms with Gasteiger partial charge in [-0.15, -0.1) is 0 Å². The van der Waals surface area contributed by atoms with Crippen molar-refractivity contribution in [3.8, 4) is 0 Å². The van der Waals surface area contributed by atoms with Gasteiger partial charge in [0, 0.05) is 95.6 Å². The Balaban J connectivity index is 1.55. The van der Waals surface area contributed by atoms with E-state index in [1.807, 2.05) is 52.5 Å². The largest absolute Gasteiger partial charge is 0.338 e. The third-order valence-corrected chi connectivity index (χ3v) is 7.09. The molecular formula is C30H40N6O2. The maximum Gasteiger partial charge on any atom is 0.224 e. The third kappa shape index (κ3) is 7.28. The minimum Gasteiger partial charge on any atom is -0.338 e. The van der Waals surface area contributed by atoms with Gasteiger partial charge in [-0.3, -0.25) is 19.5 Å². The Morgan fingerprint density at radius 1 is 0.974 bits per heavy atom. The standard InChI is InChI=1S/C30H40N6O2/c1-24(2)30-32-14-20-34(30)19-12-29(38)35-17-7-15-33(22-26-9-6-13-31-21-26)16-8-18-36(25(3)37)28-11-5-4-10-27(28)23-35/h4-6,9-11,13-14,20-21,24H,7-8,12,15-19,22-23H2,1-3H3. The van der Waals surface area contributed by atoms with E-state index in [1.54, 1.807) is 19.3 Å². The van der Waals surface area contributed by atoms with Crippen molar-refractivity contribution in [2.24, 2.45) is 0 Å². The van der Waals surface area contributed by atoms with E-state index in [2.05, 4.69) is 39.3 Å². The number of benzene rings is 1. The number of imidazole rings is 1. The van der Waals surface area contributed by atoms with E-state index in [0.29, 0.717) is 38.5 Å². The van der Waals surface area contributed by atoms with E-state index in [4.69, 9.17) is 0 Å². The third-order valence-electron chi connectivity index (χ3n) is 7.09. The predicted molar refractivity (Wildman–Crippen MR) is 150 cm³/mol. The van der Waals surface area contributed by atoms with Gasteiger partial charge >= 0.3 is 0 Å². The Bertz CT molecular complexity index is 1190. The summed E-state index contributed by atoms with van der Waals surface area (Å²) in [5.41, 5.74) is 3.07. The van der Waals surface area contributed by atoms with Gasteiger partial charge in [0.15, 0.2) is 0 Å². The number of aromatic nitrogens is 3. The molecule has 8 heteroatoms. The molecule has 3 heterocycles. The van der Waals surface area contributed by atoms with Gasteiger partial charge in [0.05, 0.1) is 0 Å². The number of para-hydroxylation sites is 1. The fourth-order valence-corrected chi connectivity index (χ4v) is 5.20. The number of fused-ring (bicyclic) bond motifs is 1. The molecule has 202 valence electrons. The zero-order valence-electron chi connectivity index (χ0n) is 22.9. The first-order valence-corrected chi connectivity index (χ1v) is 13.7. The van der Waals surface area contributed by atoms with Crippen molar-refractivity contribution in [3.05, 3.63) is 78.1 Å². The maximum absolute atomic E-state index is 13.6. The summed E-state index contributed by atoms with van der Waals surface area (Å²) >= 11 is 0. The van der Waals surface area contributed by atoms with Gasteiger partial charge in [-0.1, -0.05) is 38.1 Å². The van der Waals surface area contributed by atoms with Gasteiger partial charge < -0.3 is 14.4 Å².